The second kappa shape index (κ2) is 8.94. The van der Waals surface area contributed by atoms with Gasteiger partial charge >= 0.3 is 0 Å². The van der Waals surface area contributed by atoms with Crippen LogP contribution < -0.4 is 5.56 Å². The van der Waals surface area contributed by atoms with E-state index in [4.69, 9.17) is 16.7 Å². The molecule has 1 aromatic carbocycles. The summed E-state index contributed by atoms with van der Waals surface area (Å²) in [6.45, 7) is 7.98. The molecule has 0 saturated carbocycles. The predicted octanol–water partition coefficient (Wildman–Crippen LogP) is 4.62. The molecule has 0 saturated heterocycles. The summed E-state index contributed by atoms with van der Waals surface area (Å²) >= 11 is 7.92. The Hall–Kier alpha value is -2.48. The third-order valence-electron chi connectivity index (χ3n) is 5.55. The van der Waals surface area contributed by atoms with E-state index in [1.807, 2.05) is 49.0 Å². The maximum atomic E-state index is 12.9. The van der Waals surface area contributed by atoms with Crippen LogP contribution in [0.3, 0.4) is 0 Å². The molecule has 6 nitrogen and oxygen atoms in total. The van der Waals surface area contributed by atoms with Gasteiger partial charge in [0.2, 0.25) is 0 Å². The van der Waals surface area contributed by atoms with Gasteiger partial charge in [-0.15, -0.1) is 11.3 Å². The smallest absolute Gasteiger partial charge is 0.263 e. The van der Waals surface area contributed by atoms with E-state index in [0.29, 0.717) is 25.1 Å². The van der Waals surface area contributed by atoms with E-state index in [2.05, 4.69) is 23.7 Å². The van der Waals surface area contributed by atoms with Crippen molar-refractivity contribution in [2.75, 3.05) is 7.05 Å². The summed E-state index contributed by atoms with van der Waals surface area (Å²) in [7, 11) is 2.01. The highest BCUT2D eigenvalue weighted by molar-refractivity contribution is 7.18. The first kappa shape index (κ1) is 21.7. The zero-order valence-electron chi connectivity index (χ0n) is 18.2. The van der Waals surface area contributed by atoms with Crippen molar-refractivity contribution in [1.29, 1.82) is 0 Å². The predicted molar refractivity (Wildman–Crippen MR) is 127 cm³/mol. The number of nitrogens with zero attached hydrogens (tertiary/aromatic N) is 5. The molecule has 3 aromatic heterocycles. The van der Waals surface area contributed by atoms with E-state index >= 15 is 0 Å². The number of aromatic nitrogens is 4. The summed E-state index contributed by atoms with van der Waals surface area (Å²) in [6.07, 6.45) is 2.56. The first-order chi connectivity index (χ1) is 14.9. The molecule has 4 rings (SSSR count). The fourth-order valence-electron chi connectivity index (χ4n) is 3.77. The molecule has 0 fully saturated rings. The van der Waals surface area contributed by atoms with Crippen molar-refractivity contribution in [2.45, 2.75) is 47.0 Å². The molecule has 31 heavy (non-hydrogen) atoms. The number of rotatable bonds is 7. The van der Waals surface area contributed by atoms with Crippen LogP contribution in [0.5, 0.6) is 0 Å². The number of aryl methyl sites for hydroxylation is 2. The first-order valence-corrected chi connectivity index (χ1v) is 11.5. The van der Waals surface area contributed by atoms with E-state index < -0.39 is 0 Å². The molecular weight excluding hydrogens is 430 g/mol. The zero-order chi connectivity index (χ0) is 22.1. The van der Waals surface area contributed by atoms with Gasteiger partial charge in [-0.1, -0.05) is 36.7 Å². The average molecular weight is 456 g/mol. The molecule has 4 aromatic rings. The normalized spacial score (nSPS) is 11.7. The van der Waals surface area contributed by atoms with Crippen LogP contribution in [0.1, 0.15) is 34.3 Å². The van der Waals surface area contributed by atoms with E-state index in [0.717, 1.165) is 33.2 Å². The largest absolute Gasteiger partial charge is 0.285 e. The highest BCUT2D eigenvalue weighted by atomic mass is 35.5. The third-order valence-corrected chi connectivity index (χ3v) is 7.10. The Morgan fingerprint density at radius 2 is 2.00 bits per heavy atom. The molecule has 0 aliphatic carbocycles. The second-order valence-electron chi connectivity index (χ2n) is 7.86. The van der Waals surface area contributed by atoms with Gasteiger partial charge in [-0.3, -0.25) is 18.9 Å². The summed E-state index contributed by atoms with van der Waals surface area (Å²) in [5.41, 5.74) is 4.32. The lowest BCUT2D eigenvalue weighted by Crippen LogP contribution is -2.29. The summed E-state index contributed by atoms with van der Waals surface area (Å²) < 4.78 is 3.67. The average Bonchev–Trinajstić information content (AvgIpc) is 3.29. The van der Waals surface area contributed by atoms with Crippen molar-refractivity contribution < 1.29 is 0 Å². The van der Waals surface area contributed by atoms with Gasteiger partial charge in [0.05, 0.1) is 24.3 Å². The van der Waals surface area contributed by atoms with Crippen molar-refractivity contribution >= 4 is 33.2 Å². The minimum atomic E-state index is 0.00987. The van der Waals surface area contributed by atoms with Crippen molar-refractivity contribution in [3.05, 3.63) is 79.4 Å². The molecule has 0 aliphatic heterocycles. The molecule has 0 spiro atoms. The summed E-state index contributed by atoms with van der Waals surface area (Å²) in [5.74, 6) is 0. The molecule has 0 aliphatic rings. The molecular formula is C23H26ClN5OS. The molecule has 0 bridgehead atoms. The molecule has 3 heterocycles. The Labute approximate surface area is 190 Å². The SMILES string of the molecule is CCc1cc2c(=O)n(CN(C)Cc3c(C)nn(Cc4ccccc4Cl)c3C)cnc2s1. The number of hydrogen-bond donors (Lipinski definition) is 0. The van der Waals surface area contributed by atoms with Crippen LogP contribution in [0.15, 0.2) is 41.5 Å². The summed E-state index contributed by atoms with van der Waals surface area (Å²) in [5, 5.41) is 6.18. The Kier molecular flexibility index (Phi) is 6.27. The Morgan fingerprint density at radius 1 is 1.23 bits per heavy atom. The zero-order valence-corrected chi connectivity index (χ0v) is 19.8. The number of thiophene rings is 1. The Bertz CT molecular complexity index is 1290. The van der Waals surface area contributed by atoms with E-state index in [9.17, 15) is 4.79 Å². The fraction of sp³-hybridized carbons (Fsp3) is 0.348. The van der Waals surface area contributed by atoms with Gasteiger partial charge in [0, 0.05) is 27.7 Å². The highest BCUT2D eigenvalue weighted by Gasteiger charge is 2.16. The van der Waals surface area contributed by atoms with Gasteiger partial charge in [-0.25, -0.2) is 4.98 Å². The van der Waals surface area contributed by atoms with Crippen molar-refractivity contribution in [1.82, 2.24) is 24.2 Å². The molecule has 162 valence electrons. The van der Waals surface area contributed by atoms with Crippen molar-refractivity contribution in [2.24, 2.45) is 0 Å². The number of fused-ring (bicyclic) bond motifs is 1. The lowest BCUT2D eigenvalue weighted by Gasteiger charge is -2.18. The topological polar surface area (TPSA) is 56.0 Å². The minimum absolute atomic E-state index is 0.00987. The van der Waals surface area contributed by atoms with Gasteiger partial charge in [0.25, 0.3) is 5.56 Å². The molecule has 0 unspecified atom stereocenters. The number of hydrogen-bond acceptors (Lipinski definition) is 5. The van der Waals surface area contributed by atoms with Gasteiger partial charge < -0.3 is 0 Å². The molecule has 0 amide bonds. The number of halogens is 1. The van der Waals surface area contributed by atoms with E-state index in [1.54, 1.807) is 22.2 Å². The van der Waals surface area contributed by atoms with Gasteiger partial charge in [-0.2, -0.15) is 5.10 Å². The fourth-order valence-corrected chi connectivity index (χ4v) is 4.89. The minimum Gasteiger partial charge on any atom is -0.285 e. The Balaban J connectivity index is 1.53. The molecule has 0 N–H and O–H groups in total. The van der Waals surface area contributed by atoms with Crippen LogP contribution in [0.4, 0.5) is 0 Å². The highest BCUT2D eigenvalue weighted by Crippen LogP contribution is 2.22. The molecule has 0 radical (unpaired) electrons. The van der Waals surface area contributed by atoms with Crippen molar-refractivity contribution in [3.63, 3.8) is 0 Å². The van der Waals surface area contributed by atoms with Gasteiger partial charge in [-0.05, 0) is 45.0 Å². The number of benzene rings is 1. The van der Waals surface area contributed by atoms with E-state index in [1.165, 1.54) is 10.4 Å². The third kappa shape index (κ3) is 4.44. The van der Waals surface area contributed by atoms with E-state index in [-0.39, 0.29) is 5.56 Å². The maximum Gasteiger partial charge on any atom is 0.263 e. The van der Waals surface area contributed by atoms with Crippen LogP contribution in [-0.2, 0) is 26.2 Å². The second-order valence-corrected chi connectivity index (χ2v) is 9.38. The maximum absolute atomic E-state index is 12.9. The van der Waals surface area contributed by atoms with Crippen LogP contribution in [0.2, 0.25) is 5.02 Å². The molecule has 8 heteroatoms. The standard InChI is InChI=1S/C23H26ClN5OS/c1-5-18-10-19-22(31-18)25-13-28(23(19)30)14-27(4)12-20-15(2)26-29(16(20)3)11-17-8-6-7-9-21(17)24/h6-10,13H,5,11-12,14H2,1-4H3. The van der Waals surface area contributed by atoms with Crippen LogP contribution in [0.25, 0.3) is 10.2 Å². The van der Waals surface area contributed by atoms with Crippen LogP contribution in [-0.4, -0.2) is 31.3 Å². The quantitative estimate of drug-likeness (QED) is 0.408. The monoisotopic (exact) mass is 455 g/mol. The van der Waals surface area contributed by atoms with Gasteiger partial charge in [0.1, 0.15) is 11.2 Å². The summed E-state index contributed by atoms with van der Waals surface area (Å²) in [4.78, 5) is 21.5. The lowest BCUT2D eigenvalue weighted by atomic mass is 10.2. The van der Waals surface area contributed by atoms with Crippen LogP contribution in [0, 0.1) is 13.8 Å². The first-order valence-electron chi connectivity index (χ1n) is 10.3. The summed E-state index contributed by atoms with van der Waals surface area (Å²) in [6, 6.07) is 9.81. The lowest BCUT2D eigenvalue weighted by molar-refractivity contribution is 0.254. The molecule has 0 atom stereocenters. The van der Waals surface area contributed by atoms with Crippen LogP contribution >= 0.6 is 22.9 Å². The van der Waals surface area contributed by atoms with Gasteiger partial charge in [0.15, 0.2) is 0 Å². The van der Waals surface area contributed by atoms with Crippen molar-refractivity contribution in [3.8, 4) is 0 Å². The Morgan fingerprint density at radius 3 is 2.74 bits per heavy atom.